The number of para-hydroxylation sites is 3. The van der Waals surface area contributed by atoms with Crippen LogP contribution in [0.15, 0.2) is 255 Å². The highest BCUT2D eigenvalue weighted by Gasteiger charge is 2.47. The lowest BCUT2D eigenvalue weighted by Crippen LogP contribution is -2.29. The van der Waals surface area contributed by atoms with Gasteiger partial charge in [0, 0.05) is 45.9 Å². The van der Waals surface area contributed by atoms with Gasteiger partial charge in [-0.1, -0.05) is 211 Å². The molecule has 80 heavy (non-hydrogen) atoms. The minimum Gasteiger partial charge on any atom is -0.457 e. The van der Waals surface area contributed by atoms with Crippen LogP contribution in [0.5, 0.6) is 11.5 Å². The summed E-state index contributed by atoms with van der Waals surface area (Å²) in [6, 6.07) is 91.2. The van der Waals surface area contributed by atoms with E-state index in [9.17, 15) is 0 Å². The number of aromatic nitrogens is 2. The molecule has 5 nitrogen and oxygen atoms in total. The minimum atomic E-state index is -0.689. The van der Waals surface area contributed by atoms with Gasteiger partial charge in [-0.05, 0) is 133 Å². The van der Waals surface area contributed by atoms with Crippen molar-refractivity contribution in [3.8, 4) is 50.7 Å². The number of ether oxygens (including phenoxy) is 1. The van der Waals surface area contributed by atoms with E-state index in [2.05, 4.69) is 305 Å². The van der Waals surface area contributed by atoms with Crippen molar-refractivity contribution in [2.24, 2.45) is 0 Å². The zero-order valence-electron chi connectivity index (χ0n) is 46.2. The van der Waals surface area contributed by atoms with Gasteiger partial charge in [-0.2, -0.15) is 0 Å². The summed E-state index contributed by atoms with van der Waals surface area (Å²) in [4.78, 5) is 10.1. The maximum Gasteiger partial charge on any atom is 0.137 e. The molecule has 0 saturated heterocycles. The fourth-order valence-electron chi connectivity index (χ4n) is 12.8. The first-order valence-corrected chi connectivity index (χ1v) is 28.0. The van der Waals surface area contributed by atoms with Crippen molar-refractivity contribution in [1.82, 2.24) is 9.55 Å². The van der Waals surface area contributed by atoms with Crippen LogP contribution in [0.1, 0.15) is 74.9 Å². The quantitative estimate of drug-likeness (QED) is 0.144. The lowest BCUT2D eigenvalue weighted by atomic mass is 9.67. The van der Waals surface area contributed by atoms with Crippen LogP contribution in [0.2, 0.25) is 0 Å². The van der Waals surface area contributed by atoms with Crippen LogP contribution in [0.3, 0.4) is 0 Å². The van der Waals surface area contributed by atoms with Gasteiger partial charge in [0.15, 0.2) is 0 Å². The highest BCUT2D eigenvalue weighted by molar-refractivity contribution is 6.09. The molecule has 0 fully saturated rings. The Morgan fingerprint density at radius 3 is 1.60 bits per heavy atom. The van der Waals surface area contributed by atoms with Gasteiger partial charge in [0.25, 0.3) is 0 Å². The third-order valence-corrected chi connectivity index (χ3v) is 16.7. The van der Waals surface area contributed by atoms with Gasteiger partial charge in [-0.3, -0.25) is 4.57 Å². The predicted molar refractivity (Wildman–Crippen MR) is 333 cm³/mol. The fourth-order valence-corrected chi connectivity index (χ4v) is 12.8. The van der Waals surface area contributed by atoms with E-state index in [1.165, 1.54) is 72.3 Å². The molecule has 0 spiro atoms. The first-order chi connectivity index (χ1) is 38.9. The Balaban J connectivity index is 1.000. The van der Waals surface area contributed by atoms with Crippen molar-refractivity contribution in [2.45, 2.75) is 57.8 Å². The van der Waals surface area contributed by atoms with E-state index in [1.54, 1.807) is 0 Å². The van der Waals surface area contributed by atoms with Gasteiger partial charge in [-0.25, -0.2) is 4.98 Å². The lowest BCUT2D eigenvalue weighted by molar-refractivity contribution is 0.482. The van der Waals surface area contributed by atoms with Crippen molar-refractivity contribution < 1.29 is 4.74 Å². The van der Waals surface area contributed by atoms with Gasteiger partial charge in [0.1, 0.15) is 24.0 Å². The Labute approximate surface area is 469 Å². The smallest absolute Gasteiger partial charge is 0.137 e. The van der Waals surface area contributed by atoms with E-state index in [-0.39, 0.29) is 10.8 Å². The molecular weight excluding hydrogens is 973 g/mol. The monoisotopic (exact) mass is 1030 g/mol. The van der Waals surface area contributed by atoms with Crippen molar-refractivity contribution in [3.63, 3.8) is 0 Å². The van der Waals surface area contributed by atoms with Crippen LogP contribution in [0.4, 0.5) is 22.7 Å². The molecule has 10 aromatic carbocycles. The standard InChI is InChI=1S/C75H62N4O/c1-73(2,3)53-40-41-76-71(46-53)79-67-35-21-18-32-61(67)62-39-38-57(48-70(62)79)80-58-43-55(75(52-28-14-9-15-29-52)65-33-19-16-30-59(65)60-31-17-20-34-66(60)75)42-56(47-58)77-49-78(69-37-23-22-36-68(69)77)72-63(50-24-10-7-11-25-50)44-54(74(4,5)6)45-64(72)51-26-12-8-13-27-51/h7-48H,49H2,1-6H3. The second-order valence-corrected chi connectivity index (χ2v) is 23.6. The van der Waals surface area contributed by atoms with Crippen molar-refractivity contribution >= 4 is 44.6 Å². The summed E-state index contributed by atoms with van der Waals surface area (Å²) >= 11 is 0. The molecule has 1 aliphatic heterocycles. The summed E-state index contributed by atoms with van der Waals surface area (Å²) in [5.74, 6) is 2.36. The number of nitrogens with zero attached hydrogens (tertiary/aromatic N) is 4. The first-order valence-electron chi connectivity index (χ1n) is 28.0. The minimum absolute atomic E-state index is 0.0525. The molecule has 388 valence electrons. The number of hydrogen-bond donors (Lipinski definition) is 0. The Morgan fingerprint density at radius 2 is 0.963 bits per heavy atom. The van der Waals surface area contributed by atoms with E-state index in [4.69, 9.17) is 9.72 Å². The molecule has 1 aliphatic carbocycles. The van der Waals surface area contributed by atoms with E-state index < -0.39 is 5.41 Å². The van der Waals surface area contributed by atoms with Crippen molar-refractivity contribution in [3.05, 3.63) is 288 Å². The number of benzene rings is 10. The summed E-state index contributed by atoms with van der Waals surface area (Å²) < 4.78 is 9.73. The summed E-state index contributed by atoms with van der Waals surface area (Å²) in [6.07, 6.45) is 1.94. The maximum absolute atomic E-state index is 7.43. The van der Waals surface area contributed by atoms with Gasteiger partial charge in [-0.15, -0.1) is 0 Å². The largest absolute Gasteiger partial charge is 0.457 e. The Kier molecular flexibility index (Phi) is 11.5. The topological polar surface area (TPSA) is 33.5 Å². The average Bonchev–Trinajstić information content (AvgIpc) is 4.34. The van der Waals surface area contributed by atoms with Gasteiger partial charge >= 0.3 is 0 Å². The molecule has 2 aromatic heterocycles. The molecule has 0 saturated carbocycles. The molecule has 3 heterocycles. The number of hydrogen-bond acceptors (Lipinski definition) is 4. The summed E-state index contributed by atoms with van der Waals surface area (Å²) in [5, 5.41) is 2.31. The summed E-state index contributed by atoms with van der Waals surface area (Å²) in [6.45, 7) is 14.3. The molecule has 0 N–H and O–H groups in total. The molecule has 0 radical (unpaired) electrons. The highest BCUT2D eigenvalue weighted by Crippen LogP contribution is 2.58. The maximum atomic E-state index is 7.43. The van der Waals surface area contributed by atoms with E-state index in [1.807, 2.05) is 6.20 Å². The summed E-state index contributed by atoms with van der Waals surface area (Å²) in [7, 11) is 0. The van der Waals surface area contributed by atoms with Crippen molar-refractivity contribution in [1.29, 1.82) is 0 Å². The van der Waals surface area contributed by atoms with E-state index in [0.29, 0.717) is 6.67 Å². The van der Waals surface area contributed by atoms with Gasteiger partial charge < -0.3 is 14.5 Å². The van der Waals surface area contributed by atoms with Crippen LogP contribution >= 0.6 is 0 Å². The highest BCUT2D eigenvalue weighted by atomic mass is 16.5. The number of rotatable bonds is 9. The Bertz CT molecular complexity index is 4230. The van der Waals surface area contributed by atoms with E-state index >= 15 is 0 Å². The summed E-state index contributed by atoms with van der Waals surface area (Å²) in [5.41, 5.74) is 20.3. The number of anilines is 4. The molecule has 0 unspecified atom stereocenters. The van der Waals surface area contributed by atoms with Crippen LogP contribution in [0, 0.1) is 0 Å². The average molecular weight is 1040 g/mol. The Morgan fingerprint density at radius 1 is 0.412 bits per heavy atom. The normalized spacial score (nSPS) is 13.6. The molecular formula is C75H62N4O. The van der Waals surface area contributed by atoms with Gasteiger partial charge in [0.2, 0.25) is 0 Å². The molecule has 2 aliphatic rings. The number of fused-ring (bicyclic) bond motifs is 7. The molecule has 14 rings (SSSR count). The third-order valence-electron chi connectivity index (χ3n) is 16.7. The van der Waals surface area contributed by atoms with E-state index in [0.717, 1.165) is 56.4 Å². The number of pyridine rings is 1. The zero-order chi connectivity index (χ0) is 54.3. The lowest BCUT2D eigenvalue weighted by Gasteiger charge is -2.35. The molecule has 0 bridgehead atoms. The fraction of sp³-hybridized carbons (Fsp3) is 0.133. The molecule has 0 amide bonds. The second kappa shape index (κ2) is 18.9. The third kappa shape index (κ3) is 8.02. The van der Waals surface area contributed by atoms with Crippen molar-refractivity contribution in [2.75, 3.05) is 16.5 Å². The van der Waals surface area contributed by atoms with Gasteiger partial charge in [0.05, 0.1) is 33.5 Å². The molecule has 0 atom stereocenters. The Hall–Kier alpha value is -9.45. The predicted octanol–water partition coefficient (Wildman–Crippen LogP) is 19.5. The van der Waals surface area contributed by atoms with Crippen LogP contribution in [0.25, 0.3) is 61.0 Å². The van der Waals surface area contributed by atoms with Crippen LogP contribution in [-0.4, -0.2) is 16.2 Å². The SMILES string of the molecule is CC(C)(C)c1ccnc(-n2c3ccccc3c3ccc(Oc4cc(N5CN(c6c(-c7ccccc7)cc(C(C)(C)C)cc6-c6ccccc6)c6ccccc65)cc(C5(c6ccccc6)c6ccccc6-c6ccccc65)c4)cc32)c1. The molecule has 12 aromatic rings. The molecule has 5 heteroatoms. The first kappa shape index (κ1) is 48.9. The zero-order valence-corrected chi connectivity index (χ0v) is 46.2. The van der Waals surface area contributed by atoms with Crippen LogP contribution in [-0.2, 0) is 16.2 Å². The second-order valence-electron chi connectivity index (χ2n) is 23.6. The van der Waals surface area contributed by atoms with Crippen LogP contribution < -0.4 is 14.5 Å².